The molecule has 0 bridgehead atoms. The number of aromatic nitrogens is 1. The van der Waals surface area contributed by atoms with Crippen LogP contribution >= 0.6 is 0 Å². The zero-order valence-corrected chi connectivity index (χ0v) is 15.7. The summed E-state index contributed by atoms with van der Waals surface area (Å²) in [5, 5.41) is 0. The topological polar surface area (TPSA) is 20.9 Å². The molecule has 0 saturated heterocycles. The van der Waals surface area contributed by atoms with Gasteiger partial charge in [0, 0.05) is 47.7 Å². The normalized spacial score (nSPS) is 9.91. The number of carbonyl (C=O) groups is 1. The fourth-order valence-electron chi connectivity index (χ4n) is 1.91. The Morgan fingerprint density at radius 1 is 1.14 bits per heavy atom. The van der Waals surface area contributed by atoms with Crippen molar-refractivity contribution in [3.8, 4) is 0 Å². The van der Waals surface area contributed by atoms with Gasteiger partial charge in [0.1, 0.15) is 0 Å². The van der Waals surface area contributed by atoms with Gasteiger partial charge in [0.05, 0.1) is 0 Å². The standard InChI is InChI=1S/C18H19NO.B.W/c1-3-18(20)14-19-13-5-4-6-17(19)12-11-16-9-7-15(2)8-10-16;;/h4-13H,1,3,14H2,2H3;;. The van der Waals surface area contributed by atoms with Crippen molar-refractivity contribution in [3.05, 3.63) is 72.4 Å². The smallest absolute Gasteiger partial charge is 0.205 e. The van der Waals surface area contributed by atoms with Crippen molar-refractivity contribution in [3.63, 3.8) is 0 Å². The van der Waals surface area contributed by atoms with Gasteiger partial charge in [0.2, 0.25) is 12.2 Å². The second-order valence-corrected chi connectivity index (χ2v) is 4.79. The number of benzene rings is 1. The van der Waals surface area contributed by atoms with E-state index in [9.17, 15) is 4.79 Å². The number of hydrogen-bond donors (Lipinski definition) is 0. The number of carbonyl (C=O) groups excluding carboxylic acids is 1. The number of rotatable bonds is 5. The van der Waals surface area contributed by atoms with Gasteiger partial charge in [-0.1, -0.05) is 29.8 Å². The molecule has 1 aromatic heterocycles. The van der Waals surface area contributed by atoms with E-state index in [1.54, 1.807) is 0 Å². The molecule has 2 nitrogen and oxygen atoms in total. The molecule has 2 rings (SSSR count). The summed E-state index contributed by atoms with van der Waals surface area (Å²) in [4.78, 5) is 11.5. The molecule has 0 fully saturated rings. The molecule has 0 atom stereocenters. The molecule has 0 aliphatic carbocycles. The Balaban J connectivity index is 0.00000220. The molecule has 111 valence electrons. The first-order valence-electron chi connectivity index (χ1n) is 6.73. The largest absolute Gasteiger partial charge is 0.336 e. The Morgan fingerprint density at radius 2 is 1.82 bits per heavy atom. The first-order valence-corrected chi connectivity index (χ1v) is 6.73. The monoisotopic (exact) mass is 460 g/mol. The Bertz CT molecular complexity index is 623. The predicted molar refractivity (Wildman–Crippen MR) is 87.5 cm³/mol. The van der Waals surface area contributed by atoms with E-state index >= 15 is 0 Å². The van der Waals surface area contributed by atoms with Gasteiger partial charge in [-0.2, -0.15) is 4.57 Å². The third-order valence-corrected chi connectivity index (χ3v) is 3.13. The fraction of sp³-hybridized carbons (Fsp3) is 0.167. The Hall–Kier alpha value is -1.47. The molecule has 0 N–H and O–H groups in total. The van der Waals surface area contributed by atoms with Crippen molar-refractivity contribution in [1.29, 1.82) is 0 Å². The second kappa shape index (κ2) is 10.3. The number of pyridine rings is 1. The van der Waals surface area contributed by atoms with Gasteiger partial charge >= 0.3 is 0 Å². The van der Waals surface area contributed by atoms with Crippen LogP contribution in [0.15, 0.2) is 48.7 Å². The zero-order chi connectivity index (χ0) is 14.4. The SMILES string of the molecule is [B].[CH2-]CC(=O)C[n+]1ccccc1C=Cc1ccc(C)cc1.[W]. The molecular formula is C18H19BNOW. The van der Waals surface area contributed by atoms with Crippen LogP contribution in [0.3, 0.4) is 0 Å². The summed E-state index contributed by atoms with van der Waals surface area (Å²) < 4.78 is 1.94. The van der Waals surface area contributed by atoms with Gasteiger partial charge in [0.25, 0.3) is 0 Å². The first-order chi connectivity index (χ1) is 9.69. The number of nitrogens with zero attached hydrogens (tertiary/aromatic N) is 1. The van der Waals surface area contributed by atoms with Crippen molar-refractivity contribution >= 4 is 26.3 Å². The minimum absolute atomic E-state index is 0. The van der Waals surface area contributed by atoms with Gasteiger partial charge in [-0.05, 0) is 24.6 Å². The number of Topliss-reactive ketones (excluding diaryl/α,β-unsaturated/α-hetero) is 1. The summed E-state index contributed by atoms with van der Waals surface area (Å²) in [6.45, 7) is 6.08. The summed E-state index contributed by atoms with van der Waals surface area (Å²) in [6, 6.07) is 14.2. The van der Waals surface area contributed by atoms with E-state index in [1.165, 1.54) is 5.56 Å². The van der Waals surface area contributed by atoms with Gasteiger partial charge in [-0.15, -0.1) is 6.42 Å². The van der Waals surface area contributed by atoms with Gasteiger partial charge < -0.3 is 6.92 Å². The van der Waals surface area contributed by atoms with Crippen LogP contribution in [0, 0.1) is 13.8 Å². The van der Waals surface area contributed by atoms with Crippen LogP contribution in [-0.2, 0) is 32.4 Å². The summed E-state index contributed by atoms with van der Waals surface area (Å²) >= 11 is 0. The third kappa shape index (κ3) is 6.11. The average molecular weight is 460 g/mol. The molecule has 1 aromatic carbocycles. The van der Waals surface area contributed by atoms with Crippen LogP contribution in [0.1, 0.15) is 23.2 Å². The van der Waals surface area contributed by atoms with Crippen LogP contribution in [-0.4, -0.2) is 14.2 Å². The predicted octanol–water partition coefficient (Wildman–Crippen LogP) is 2.86. The molecule has 22 heavy (non-hydrogen) atoms. The maximum Gasteiger partial charge on any atom is 0.205 e. The number of aryl methyl sites for hydroxylation is 1. The molecule has 0 aliphatic rings. The molecule has 0 aliphatic heterocycles. The summed E-state index contributed by atoms with van der Waals surface area (Å²) in [5.41, 5.74) is 3.40. The van der Waals surface area contributed by atoms with Gasteiger partial charge in [0.15, 0.2) is 12.0 Å². The maximum absolute atomic E-state index is 11.5. The van der Waals surface area contributed by atoms with Crippen molar-refractivity contribution < 1.29 is 30.4 Å². The zero-order valence-electron chi connectivity index (χ0n) is 12.7. The van der Waals surface area contributed by atoms with E-state index in [-0.39, 0.29) is 35.3 Å². The van der Waals surface area contributed by atoms with E-state index < -0.39 is 0 Å². The maximum atomic E-state index is 11.5. The van der Waals surface area contributed by atoms with Crippen LogP contribution < -0.4 is 4.57 Å². The van der Waals surface area contributed by atoms with Crippen molar-refractivity contribution in [2.45, 2.75) is 19.9 Å². The van der Waals surface area contributed by atoms with Crippen LogP contribution in [0.2, 0.25) is 0 Å². The van der Waals surface area contributed by atoms with Gasteiger partial charge in [-0.25, -0.2) is 0 Å². The molecular weight excluding hydrogens is 441 g/mol. The third-order valence-electron chi connectivity index (χ3n) is 3.13. The molecule has 1 heterocycles. The molecule has 4 heteroatoms. The molecule has 2 aromatic rings. The summed E-state index contributed by atoms with van der Waals surface area (Å²) in [6.07, 6.45) is 6.33. The van der Waals surface area contributed by atoms with E-state index in [0.717, 1.165) is 11.3 Å². The van der Waals surface area contributed by atoms with Crippen molar-refractivity contribution in [2.75, 3.05) is 0 Å². The summed E-state index contributed by atoms with van der Waals surface area (Å²) in [7, 11) is 0. The van der Waals surface area contributed by atoms with Crippen molar-refractivity contribution in [1.82, 2.24) is 0 Å². The summed E-state index contributed by atoms with van der Waals surface area (Å²) in [5.74, 6) is 0.131. The fourth-order valence-corrected chi connectivity index (χ4v) is 1.91. The van der Waals surface area contributed by atoms with Crippen LogP contribution in [0.25, 0.3) is 12.2 Å². The van der Waals surface area contributed by atoms with Crippen LogP contribution in [0.5, 0.6) is 0 Å². The van der Waals surface area contributed by atoms with Crippen LogP contribution in [0.4, 0.5) is 0 Å². The van der Waals surface area contributed by atoms with E-state index in [0.29, 0.717) is 13.0 Å². The Kier molecular flexibility index (Phi) is 9.61. The van der Waals surface area contributed by atoms with Crippen molar-refractivity contribution in [2.24, 2.45) is 0 Å². The molecule has 0 amide bonds. The molecule has 0 spiro atoms. The second-order valence-electron chi connectivity index (χ2n) is 4.79. The molecule has 0 saturated carbocycles. The van der Waals surface area contributed by atoms with E-state index in [1.807, 2.05) is 35.0 Å². The first kappa shape index (κ1) is 20.5. The minimum Gasteiger partial charge on any atom is -0.336 e. The Morgan fingerprint density at radius 3 is 2.45 bits per heavy atom. The van der Waals surface area contributed by atoms with Gasteiger partial charge in [-0.3, -0.25) is 4.79 Å². The quantitative estimate of drug-likeness (QED) is 0.382. The van der Waals surface area contributed by atoms with E-state index in [4.69, 9.17) is 0 Å². The molecule has 0 unspecified atom stereocenters. The van der Waals surface area contributed by atoms with E-state index in [2.05, 4.69) is 44.2 Å². The minimum atomic E-state index is 0. The number of hydrogen-bond acceptors (Lipinski definition) is 1. The molecule has 3 radical (unpaired) electrons. The average Bonchev–Trinajstić information content (AvgIpc) is 2.48. The number of ketones is 1. The Labute approximate surface area is 149 Å².